The third-order valence-corrected chi connectivity index (χ3v) is 5.90. The molecule has 4 heteroatoms. The van der Waals surface area contributed by atoms with Crippen LogP contribution in [0.2, 0.25) is 0 Å². The molecule has 3 rings (SSSR count). The summed E-state index contributed by atoms with van der Waals surface area (Å²) in [5, 5.41) is 7.28. The second-order valence-corrected chi connectivity index (χ2v) is 7.42. The van der Waals surface area contributed by atoms with Gasteiger partial charge < -0.3 is 5.32 Å². The topological polar surface area (TPSA) is 29.1 Å². The molecule has 1 aliphatic heterocycles. The van der Waals surface area contributed by atoms with Crippen molar-refractivity contribution in [3.05, 3.63) is 51.2 Å². The second kappa shape index (κ2) is 4.71. The molecule has 0 bridgehead atoms. The second-order valence-electron chi connectivity index (χ2n) is 5.76. The van der Waals surface area contributed by atoms with Crippen LogP contribution in [0.1, 0.15) is 40.9 Å². The number of amides is 1. The number of hydrogen-bond donors (Lipinski definition) is 1. The Labute approximate surface area is 131 Å². The number of nitrogens with one attached hydrogen (secondary N) is 1. The number of anilines is 1. The highest BCUT2D eigenvalue weighted by Gasteiger charge is 2.38. The van der Waals surface area contributed by atoms with E-state index in [0.717, 1.165) is 11.3 Å². The van der Waals surface area contributed by atoms with Crippen molar-refractivity contribution >= 4 is 38.9 Å². The fourth-order valence-electron chi connectivity index (χ4n) is 2.56. The molecule has 0 spiro atoms. The van der Waals surface area contributed by atoms with Crippen LogP contribution in [0.3, 0.4) is 0 Å². The van der Waals surface area contributed by atoms with Gasteiger partial charge in [-0.15, -0.1) is 0 Å². The van der Waals surface area contributed by atoms with E-state index in [1.165, 1.54) is 16.7 Å². The standard InChI is InChI=1S/C16H16BrNOS/c1-9-7-20-8-11(9)14(17)10-4-5-13-12(6-10)16(2,3)15(19)18-13/h4-8,14H,1-3H3,(H,18,19). The molecule has 2 nitrogen and oxygen atoms in total. The van der Waals surface area contributed by atoms with Crippen LogP contribution in [-0.2, 0) is 10.2 Å². The van der Waals surface area contributed by atoms with Gasteiger partial charge in [-0.25, -0.2) is 0 Å². The molecule has 1 amide bonds. The lowest BCUT2D eigenvalue weighted by molar-refractivity contribution is -0.119. The zero-order valence-corrected chi connectivity index (χ0v) is 14.1. The third kappa shape index (κ3) is 2.02. The van der Waals surface area contributed by atoms with Crippen molar-refractivity contribution in [2.75, 3.05) is 5.32 Å². The van der Waals surface area contributed by atoms with Gasteiger partial charge in [-0.3, -0.25) is 4.79 Å². The summed E-state index contributed by atoms with van der Waals surface area (Å²) in [5.74, 6) is 0.0717. The van der Waals surface area contributed by atoms with Gasteiger partial charge in [-0.05, 0) is 59.9 Å². The summed E-state index contributed by atoms with van der Waals surface area (Å²) in [6.45, 7) is 6.07. The summed E-state index contributed by atoms with van der Waals surface area (Å²) in [4.78, 5) is 12.2. The molecule has 0 saturated heterocycles. The van der Waals surface area contributed by atoms with Gasteiger partial charge in [0.1, 0.15) is 0 Å². The molecular weight excluding hydrogens is 334 g/mol. The predicted molar refractivity (Wildman–Crippen MR) is 87.9 cm³/mol. The number of benzene rings is 1. The molecule has 0 aliphatic carbocycles. The van der Waals surface area contributed by atoms with Gasteiger partial charge in [0.15, 0.2) is 0 Å². The molecule has 1 aliphatic rings. The first kappa shape index (κ1) is 13.8. The van der Waals surface area contributed by atoms with Crippen LogP contribution >= 0.6 is 27.3 Å². The van der Waals surface area contributed by atoms with Crippen LogP contribution in [0.4, 0.5) is 5.69 Å². The minimum absolute atomic E-state index is 0.0717. The molecule has 0 radical (unpaired) electrons. The van der Waals surface area contributed by atoms with Gasteiger partial charge in [-0.2, -0.15) is 11.3 Å². The number of thiophene rings is 1. The average molecular weight is 350 g/mol. The van der Waals surface area contributed by atoms with Crippen molar-refractivity contribution in [3.8, 4) is 0 Å². The molecule has 20 heavy (non-hydrogen) atoms. The van der Waals surface area contributed by atoms with Crippen molar-refractivity contribution < 1.29 is 4.79 Å². The molecule has 1 atom stereocenters. The molecule has 0 fully saturated rings. The molecule has 1 aromatic heterocycles. The van der Waals surface area contributed by atoms with E-state index in [1.807, 2.05) is 19.9 Å². The van der Waals surface area contributed by atoms with Gasteiger partial charge in [0.2, 0.25) is 5.91 Å². The summed E-state index contributed by atoms with van der Waals surface area (Å²) in [6.07, 6.45) is 0. The van der Waals surface area contributed by atoms with Gasteiger partial charge in [-0.1, -0.05) is 28.1 Å². The van der Waals surface area contributed by atoms with E-state index in [-0.39, 0.29) is 10.7 Å². The number of hydrogen-bond acceptors (Lipinski definition) is 2. The number of fused-ring (bicyclic) bond motifs is 1. The maximum atomic E-state index is 12.0. The quantitative estimate of drug-likeness (QED) is 0.777. The summed E-state index contributed by atoms with van der Waals surface area (Å²) >= 11 is 5.50. The van der Waals surface area contributed by atoms with Crippen molar-refractivity contribution in [2.45, 2.75) is 31.0 Å². The van der Waals surface area contributed by atoms with Crippen molar-refractivity contribution in [3.63, 3.8) is 0 Å². The Bertz CT molecular complexity index is 690. The number of halogens is 1. The minimum Gasteiger partial charge on any atom is -0.325 e. The molecule has 2 aromatic rings. The summed E-state index contributed by atoms with van der Waals surface area (Å²) in [6, 6.07) is 6.23. The van der Waals surface area contributed by atoms with E-state index in [0.29, 0.717) is 0 Å². The first-order chi connectivity index (χ1) is 9.41. The third-order valence-electron chi connectivity index (χ3n) is 3.99. The Kier molecular flexibility index (Phi) is 3.26. The lowest BCUT2D eigenvalue weighted by Crippen LogP contribution is -2.26. The molecule has 1 N–H and O–H groups in total. The highest BCUT2D eigenvalue weighted by atomic mass is 79.9. The van der Waals surface area contributed by atoms with E-state index in [2.05, 4.69) is 51.1 Å². The fraction of sp³-hybridized carbons (Fsp3) is 0.312. The van der Waals surface area contributed by atoms with E-state index < -0.39 is 5.41 Å². The lowest BCUT2D eigenvalue weighted by Gasteiger charge is -2.17. The van der Waals surface area contributed by atoms with Gasteiger partial charge in [0.25, 0.3) is 0 Å². The molecule has 104 valence electrons. The molecular formula is C16H16BrNOS. The Morgan fingerprint density at radius 1 is 1.30 bits per heavy atom. The van der Waals surface area contributed by atoms with Crippen LogP contribution in [0, 0.1) is 6.92 Å². The molecule has 1 aromatic carbocycles. The number of carbonyl (C=O) groups excluding carboxylic acids is 1. The van der Waals surface area contributed by atoms with Gasteiger partial charge >= 0.3 is 0 Å². The summed E-state index contributed by atoms with van der Waals surface area (Å²) in [5.41, 5.74) is 5.34. The van der Waals surface area contributed by atoms with Gasteiger partial charge in [0, 0.05) is 5.69 Å². The molecule has 0 saturated carbocycles. The highest BCUT2D eigenvalue weighted by Crippen LogP contribution is 2.41. The van der Waals surface area contributed by atoms with Crippen molar-refractivity contribution in [1.29, 1.82) is 0 Å². The Morgan fingerprint density at radius 2 is 2.05 bits per heavy atom. The lowest BCUT2D eigenvalue weighted by atomic mass is 9.85. The number of aryl methyl sites for hydroxylation is 1. The monoisotopic (exact) mass is 349 g/mol. The summed E-state index contributed by atoms with van der Waals surface area (Å²) in [7, 11) is 0. The minimum atomic E-state index is -0.457. The first-order valence-electron chi connectivity index (χ1n) is 6.54. The Hall–Kier alpha value is -1.13. The highest BCUT2D eigenvalue weighted by molar-refractivity contribution is 9.09. The van der Waals surface area contributed by atoms with Crippen LogP contribution in [0.15, 0.2) is 29.0 Å². The Morgan fingerprint density at radius 3 is 2.70 bits per heavy atom. The maximum Gasteiger partial charge on any atom is 0.234 e. The van der Waals surface area contributed by atoms with Gasteiger partial charge in [0.05, 0.1) is 10.2 Å². The smallest absolute Gasteiger partial charge is 0.234 e. The fourth-order valence-corrected chi connectivity index (χ4v) is 4.39. The summed E-state index contributed by atoms with van der Waals surface area (Å²) < 4.78 is 0. The molecule has 2 heterocycles. The SMILES string of the molecule is Cc1cscc1C(Br)c1ccc2c(c1)C(C)(C)C(=O)N2. The maximum absolute atomic E-state index is 12.0. The van der Waals surface area contributed by atoms with E-state index in [9.17, 15) is 4.79 Å². The van der Waals surface area contributed by atoms with Crippen molar-refractivity contribution in [2.24, 2.45) is 0 Å². The van der Waals surface area contributed by atoms with Crippen LogP contribution in [0.5, 0.6) is 0 Å². The van der Waals surface area contributed by atoms with Crippen LogP contribution < -0.4 is 5.32 Å². The number of rotatable bonds is 2. The largest absolute Gasteiger partial charge is 0.325 e. The van der Waals surface area contributed by atoms with E-state index in [4.69, 9.17) is 0 Å². The molecule has 1 unspecified atom stereocenters. The first-order valence-corrected chi connectivity index (χ1v) is 8.39. The zero-order valence-electron chi connectivity index (χ0n) is 11.7. The zero-order chi connectivity index (χ0) is 14.5. The average Bonchev–Trinajstić information content (AvgIpc) is 2.92. The van der Waals surface area contributed by atoms with E-state index in [1.54, 1.807) is 11.3 Å². The van der Waals surface area contributed by atoms with Crippen LogP contribution in [-0.4, -0.2) is 5.91 Å². The number of carbonyl (C=O) groups is 1. The Balaban J connectivity index is 2.04. The van der Waals surface area contributed by atoms with Crippen LogP contribution in [0.25, 0.3) is 0 Å². The normalized spacial score (nSPS) is 17.7. The van der Waals surface area contributed by atoms with E-state index >= 15 is 0 Å². The predicted octanol–water partition coefficient (Wildman–Crippen LogP) is 4.77. The number of alkyl halides is 1. The van der Waals surface area contributed by atoms with Crippen molar-refractivity contribution in [1.82, 2.24) is 0 Å².